The van der Waals surface area contributed by atoms with Gasteiger partial charge in [0.05, 0.1) is 15.6 Å². The number of hydrogen-bond donors (Lipinski definition) is 1. The largest absolute Gasteiger partial charge is 0.320 e. The SMILES string of the molecule is Cc1cc(C)c(NC(=O)c2cccc(S(C)(=O)=O)c2)c(Cl)c1. The van der Waals surface area contributed by atoms with Crippen molar-refractivity contribution in [3.05, 3.63) is 58.1 Å². The van der Waals surface area contributed by atoms with Gasteiger partial charge in [-0.25, -0.2) is 8.42 Å². The van der Waals surface area contributed by atoms with Gasteiger partial charge in [-0.15, -0.1) is 0 Å². The molecule has 0 fully saturated rings. The van der Waals surface area contributed by atoms with Crippen LogP contribution in [0.15, 0.2) is 41.3 Å². The summed E-state index contributed by atoms with van der Waals surface area (Å²) in [6.07, 6.45) is 1.10. The molecule has 0 aliphatic rings. The molecule has 6 heteroatoms. The van der Waals surface area contributed by atoms with E-state index in [-0.39, 0.29) is 10.5 Å². The molecule has 0 atom stereocenters. The van der Waals surface area contributed by atoms with E-state index in [0.717, 1.165) is 17.4 Å². The highest BCUT2D eigenvalue weighted by Crippen LogP contribution is 2.28. The zero-order chi connectivity index (χ0) is 16.5. The molecule has 0 spiro atoms. The molecule has 0 heterocycles. The minimum atomic E-state index is -3.36. The summed E-state index contributed by atoms with van der Waals surface area (Å²) in [6.45, 7) is 3.77. The Morgan fingerprint density at radius 3 is 2.41 bits per heavy atom. The zero-order valence-electron chi connectivity index (χ0n) is 12.5. The van der Waals surface area contributed by atoms with Crippen molar-refractivity contribution in [2.24, 2.45) is 0 Å². The fourth-order valence-electron chi connectivity index (χ4n) is 2.13. The molecule has 0 bridgehead atoms. The normalized spacial score (nSPS) is 11.3. The number of amides is 1. The summed E-state index contributed by atoms with van der Waals surface area (Å²) in [6, 6.07) is 9.57. The van der Waals surface area contributed by atoms with E-state index in [9.17, 15) is 13.2 Å². The average molecular weight is 338 g/mol. The molecule has 0 aromatic heterocycles. The Morgan fingerprint density at radius 1 is 1.14 bits per heavy atom. The van der Waals surface area contributed by atoms with Crippen molar-refractivity contribution in [2.75, 3.05) is 11.6 Å². The second-order valence-corrected chi connectivity index (χ2v) is 7.62. The lowest BCUT2D eigenvalue weighted by atomic mass is 10.1. The van der Waals surface area contributed by atoms with E-state index >= 15 is 0 Å². The van der Waals surface area contributed by atoms with Crippen LogP contribution in [-0.2, 0) is 9.84 Å². The first-order chi connectivity index (χ1) is 10.2. The third-order valence-corrected chi connectivity index (χ3v) is 4.60. The Hall–Kier alpha value is -1.85. The lowest BCUT2D eigenvalue weighted by Crippen LogP contribution is -2.14. The first-order valence-corrected chi connectivity index (χ1v) is 8.83. The highest BCUT2D eigenvalue weighted by Gasteiger charge is 2.14. The summed E-state index contributed by atoms with van der Waals surface area (Å²) in [5, 5.41) is 3.18. The first kappa shape index (κ1) is 16.5. The molecular weight excluding hydrogens is 322 g/mol. The highest BCUT2D eigenvalue weighted by molar-refractivity contribution is 7.90. The van der Waals surface area contributed by atoms with Gasteiger partial charge in [-0.1, -0.05) is 23.7 Å². The van der Waals surface area contributed by atoms with Crippen LogP contribution in [0, 0.1) is 13.8 Å². The third-order valence-electron chi connectivity index (χ3n) is 3.19. The summed E-state index contributed by atoms with van der Waals surface area (Å²) >= 11 is 6.16. The van der Waals surface area contributed by atoms with Gasteiger partial charge in [0.25, 0.3) is 5.91 Å². The molecule has 2 rings (SSSR count). The van der Waals surface area contributed by atoms with Gasteiger partial charge in [0.1, 0.15) is 0 Å². The van der Waals surface area contributed by atoms with E-state index in [1.807, 2.05) is 19.9 Å². The lowest BCUT2D eigenvalue weighted by Gasteiger charge is -2.12. The summed E-state index contributed by atoms with van der Waals surface area (Å²) in [5.74, 6) is -0.403. The van der Waals surface area contributed by atoms with E-state index in [2.05, 4.69) is 5.32 Å². The number of hydrogen-bond acceptors (Lipinski definition) is 3. The minimum absolute atomic E-state index is 0.104. The maximum Gasteiger partial charge on any atom is 0.255 e. The van der Waals surface area contributed by atoms with E-state index in [1.165, 1.54) is 18.2 Å². The smallest absolute Gasteiger partial charge is 0.255 e. The number of halogens is 1. The molecule has 0 saturated heterocycles. The Morgan fingerprint density at radius 2 is 1.82 bits per heavy atom. The fraction of sp³-hybridized carbons (Fsp3) is 0.188. The van der Waals surface area contributed by atoms with Gasteiger partial charge in [-0.05, 0) is 49.2 Å². The summed E-state index contributed by atoms with van der Waals surface area (Å²) < 4.78 is 23.1. The summed E-state index contributed by atoms with van der Waals surface area (Å²) in [7, 11) is -3.36. The van der Waals surface area contributed by atoms with Crippen molar-refractivity contribution in [1.29, 1.82) is 0 Å². The van der Waals surface area contributed by atoms with Crippen LogP contribution < -0.4 is 5.32 Å². The molecule has 1 amide bonds. The number of carbonyl (C=O) groups excluding carboxylic acids is 1. The number of carbonyl (C=O) groups is 1. The van der Waals surface area contributed by atoms with Gasteiger partial charge >= 0.3 is 0 Å². The highest BCUT2D eigenvalue weighted by atomic mass is 35.5. The second-order valence-electron chi connectivity index (χ2n) is 5.19. The van der Waals surface area contributed by atoms with E-state index < -0.39 is 15.7 Å². The first-order valence-electron chi connectivity index (χ1n) is 6.56. The van der Waals surface area contributed by atoms with Gasteiger partial charge in [0.15, 0.2) is 9.84 Å². The molecule has 4 nitrogen and oxygen atoms in total. The van der Waals surface area contributed by atoms with Gasteiger partial charge in [0.2, 0.25) is 0 Å². The van der Waals surface area contributed by atoms with Crippen LogP contribution in [0.5, 0.6) is 0 Å². The predicted octanol–water partition coefficient (Wildman–Crippen LogP) is 3.61. The third kappa shape index (κ3) is 3.67. The number of benzene rings is 2. The molecule has 0 saturated carbocycles. The standard InChI is InChI=1S/C16H16ClNO3S/c1-10-7-11(2)15(14(17)8-10)18-16(19)12-5-4-6-13(9-12)22(3,20)21/h4-9H,1-3H3,(H,18,19). The number of rotatable bonds is 3. The predicted molar refractivity (Wildman–Crippen MR) is 88.4 cm³/mol. The van der Waals surface area contributed by atoms with E-state index in [0.29, 0.717) is 10.7 Å². The second kappa shape index (κ2) is 6.10. The maximum atomic E-state index is 12.3. The topological polar surface area (TPSA) is 63.2 Å². The van der Waals surface area contributed by atoms with Crippen LogP contribution in [0.1, 0.15) is 21.5 Å². The summed E-state index contributed by atoms with van der Waals surface area (Å²) in [5.41, 5.74) is 2.64. The van der Waals surface area contributed by atoms with Crippen LogP contribution >= 0.6 is 11.6 Å². The van der Waals surface area contributed by atoms with Crippen LogP contribution in [-0.4, -0.2) is 20.6 Å². The molecule has 0 aliphatic carbocycles. The molecule has 0 unspecified atom stereocenters. The average Bonchev–Trinajstić information content (AvgIpc) is 2.41. The van der Waals surface area contributed by atoms with Gasteiger partial charge in [-0.2, -0.15) is 0 Å². The zero-order valence-corrected chi connectivity index (χ0v) is 14.0. The molecule has 2 aromatic rings. The van der Waals surface area contributed by atoms with Crippen molar-refractivity contribution in [3.8, 4) is 0 Å². The van der Waals surface area contributed by atoms with Crippen LogP contribution in [0.4, 0.5) is 5.69 Å². The van der Waals surface area contributed by atoms with Crippen molar-refractivity contribution in [1.82, 2.24) is 0 Å². The molecule has 1 N–H and O–H groups in total. The van der Waals surface area contributed by atoms with E-state index in [4.69, 9.17) is 11.6 Å². The molecule has 0 radical (unpaired) electrons. The Balaban J connectivity index is 2.35. The number of sulfone groups is 1. The molecule has 2 aromatic carbocycles. The van der Waals surface area contributed by atoms with Gasteiger partial charge in [-0.3, -0.25) is 4.79 Å². The maximum absolute atomic E-state index is 12.3. The van der Waals surface area contributed by atoms with Crippen molar-refractivity contribution >= 4 is 33.0 Å². The number of aryl methyl sites for hydroxylation is 2. The van der Waals surface area contributed by atoms with Crippen LogP contribution in [0.3, 0.4) is 0 Å². The molecule has 22 heavy (non-hydrogen) atoms. The van der Waals surface area contributed by atoms with Crippen LogP contribution in [0.2, 0.25) is 5.02 Å². The molecule has 0 aliphatic heterocycles. The van der Waals surface area contributed by atoms with E-state index in [1.54, 1.807) is 12.1 Å². The monoisotopic (exact) mass is 337 g/mol. The number of nitrogens with one attached hydrogen (secondary N) is 1. The van der Waals surface area contributed by atoms with Gasteiger partial charge < -0.3 is 5.32 Å². The molecular formula is C16H16ClNO3S. The Labute approximate surface area is 135 Å². The Bertz CT molecular complexity index is 821. The quantitative estimate of drug-likeness (QED) is 0.930. The van der Waals surface area contributed by atoms with Crippen molar-refractivity contribution < 1.29 is 13.2 Å². The fourth-order valence-corrected chi connectivity index (χ4v) is 3.16. The van der Waals surface area contributed by atoms with Crippen LogP contribution in [0.25, 0.3) is 0 Å². The lowest BCUT2D eigenvalue weighted by molar-refractivity contribution is 0.102. The van der Waals surface area contributed by atoms with Gasteiger partial charge in [0, 0.05) is 11.8 Å². The summed E-state index contributed by atoms with van der Waals surface area (Å²) in [4.78, 5) is 12.4. The molecule has 116 valence electrons. The Kier molecular flexibility index (Phi) is 4.58. The van der Waals surface area contributed by atoms with Crippen molar-refractivity contribution in [2.45, 2.75) is 18.7 Å². The minimum Gasteiger partial charge on any atom is -0.320 e. The van der Waals surface area contributed by atoms with Crippen molar-refractivity contribution in [3.63, 3.8) is 0 Å². The number of anilines is 1.